The number of carbonyl (C=O) groups is 1. The van der Waals surface area contributed by atoms with Gasteiger partial charge in [-0.05, 0) is 19.1 Å². The quantitative estimate of drug-likeness (QED) is 0.640. The molecule has 0 radical (unpaired) electrons. The molecule has 4 nitrogen and oxygen atoms in total. The first kappa shape index (κ1) is 13.0. The van der Waals surface area contributed by atoms with E-state index in [1.807, 2.05) is 12.1 Å². The Kier molecular flexibility index (Phi) is 3.91. The molecule has 2 rings (SSSR count). The number of hydrogen-bond donors (Lipinski definition) is 0. The van der Waals surface area contributed by atoms with E-state index in [1.165, 1.54) is 0 Å². The molecule has 0 spiro atoms. The first-order chi connectivity index (χ1) is 8.71. The maximum absolute atomic E-state index is 11.8. The molecule has 0 unspecified atom stereocenters. The topological polar surface area (TPSA) is 48.7 Å². The second-order valence-corrected chi connectivity index (χ2v) is 4.19. The Labute approximate surface area is 113 Å². The second-order valence-electron chi connectivity index (χ2n) is 3.63. The van der Waals surface area contributed by atoms with Crippen molar-refractivity contribution in [1.82, 2.24) is 0 Å². The Hall–Kier alpha value is -1.49. The Morgan fingerprint density at radius 1 is 1.44 bits per heavy atom. The van der Waals surface area contributed by atoms with E-state index in [1.54, 1.807) is 20.1 Å². The van der Waals surface area contributed by atoms with E-state index in [-0.39, 0.29) is 5.76 Å². The fourth-order valence-electron chi connectivity index (χ4n) is 1.75. The van der Waals surface area contributed by atoms with Crippen LogP contribution in [0.5, 0.6) is 5.75 Å². The van der Waals surface area contributed by atoms with Crippen LogP contribution in [-0.2, 0) is 10.1 Å². The number of halogens is 1. The van der Waals surface area contributed by atoms with Gasteiger partial charge in [-0.2, -0.15) is 0 Å². The van der Waals surface area contributed by atoms with Crippen molar-refractivity contribution in [3.8, 4) is 5.75 Å². The minimum atomic E-state index is -0.442. The lowest BCUT2D eigenvalue weighted by Crippen LogP contribution is -2.05. The number of benzene rings is 1. The van der Waals surface area contributed by atoms with Crippen molar-refractivity contribution in [3.63, 3.8) is 0 Å². The van der Waals surface area contributed by atoms with E-state index >= 15 is 0 Å². The molecule has 0 saturated carbocycles. The van der Waals surface area contributed by atoms with Crippen LogP contribution in [-0.4, -0.2) is 19.7 Å². The Morgan fingerprint density at radius 3 is 2.83 bits per heavy atom. The van der Waals surface area contributed by atoms with Gasteiger partial charge in [0.25, 0.3) is 0 Å². The summed E-state index contributed by atoms with van der Waals surface area (Å²) in [5.41, 5.74) is 1.41. The second kappa shape index (κ2) is 5.44. The number of furan rings is 1. The summed E-state index contributed by atoms with van der Waals surface area (Å²) >= 11 is 3.36. The summed E-state index contributed by atoms with van der Waals surface area (Å²) < 4.78 is 15.7. The molecule has 96 valence electrons. The summed E-state index contributed by atoms with van der Waals surface area (Å²) in [6, 6.07) is 5.46. The number of hydrogen-bond acceptors (Lipinski definition) is 4. The van der Waals surface area contributed by atoms with E-state index in [2.05, 4.69) is 15.9 Å². The minimum absolute atomic E-state index is 0.247. The number of esters is 1. The van der Waals surface area contributed by atoms with Gasteiger partial charge in [-0.25, -0.2) is 4.79 Å². The molecule has 0 aliphatic rings. The van der Waals surface area contributed by atoms with Gasteiger partial charge in [-0.3, -0.25) is 0 Å². The number of carbonyl (C=O) groups excluding carboxylic acids is 1. The lowest BCUT2D eigenvalue weighted by Gasteiger charge is -1.99. The molecule has 1 aromatic heterocycles. The predicted molar refractivity (Wildman–Crippen MR) is 71.4 cm³/mol. The largest absolute Gasteiger partial charge is 0.497 e. The molecule has 0 atom stereocenters. The van der Waals surface area contributed by atoms with Gasteiger partial charge in [0.05, 0.1) is 13.7 Å². The van der Waals surface area contributed by atoms with Gasteiger partial charge in [0.2, 0.25) is 5.76 Å². The Morgan fingerprint density at radius 2 is 2.22 bits per heavy atom. The molecule has 0 saturated heterocycles. The molecule has 0 aliphatic heterocycles. The average molecular weight is 313 g/mol. The van der Waals surface area contributed by atoms with Gasteiger partial charge in [-0.15, -0.1) is 0 Å². The number of rotatable bonds is 4. The molecule has 0 amide bonds. The fraction of sp³-hybridized carbons (Fsp3) is 0.308. The molecular formula is C13H13BrO4. The third-order valence-corrected chi connectivity index (χ3v) is 3.16. The summed E-state index contributed by atoms with van der Waals surface area (Å²) in [4.78, 5) is 11.8. The highest BCUT2D eigenvalue weighted by Gasteiger charge is 2.21. The van der Waals surface area contributed by atoms with E-state index < -0.39 is 5.97 Å². The standard InChI is InChI=1S/C13H13BrO4/c1-3-17-13(15)12-10(7-14)9-5-4-8(16-2)6-11(9)18-12/h4-6H,3,7H2,1-2H3. The number of fused-ring (bicyclic) bond motifs is 1. The molecule has 0 fully saturated rings. The van der Waals surface area contributed by atoms with Crippen molar-refractivity contribution in [3.05, 3.63) is 29.5 Å². The fourth-order valence-corrected chi connectivity index (χ4v) is 2.31. The molecule has 5 heteroatoms. The summed E-state index contributed by atoms with van der Waals surface area (Å²) in [5.74, 6) is 0.492. The van der Waals surface area contributed by atoms with Gasteiger partial charge in [0.15, 0.2) is 0 Å². The van der Waals surface area contributed by atoms with Crippen LogP contribution < -0.4 is 4.74 Å². The van der Waals surface area contributed by atoms with E-state index in [4.69, 9.17) is 13.9 Å². The van der Waals surface area contributed by atoms with Crippen molar-refractivity contribution in [2.75, 3.05) is 13.7 Å². The first-order valence-corrected chi connectivity index (χ1v) is 6.65. The Balaban J connectivity index is 2.56. The van der Waals surface area contributed by atoms with Crippen molar-refractivity contribution in [2.45, 2.75) is 12.3 Å². The maximum Gasteiger partial charge on any atom is 0.374 e. The van der Waals surface area contributed by atoms with Crippen LogP contribution in [0, 0.1) is 0 Å². The summed E-state index contributed by atoms with van der Waals surface area (Å²) in [6.45, 7) is 2.08. The number of alkyl halides is 1. The van der Waals surface area contributed by atoms with Crippen LogP contribution in [0.2, 0.25) is 0 Å². The van der Waals surface area contributed by atoms with Crippen molar-refractivity contribution in [1.29, 1.82) is 0 Å². The zero-order chi connectivity index (χ0) is 13.1. The highest BCUT2D eigenvalue weighted by atomic mass is 79.9. The normalized spacial score (nSPS) is 10.6. The molecule has 1 heterocycles. The van der Waals surface area contributed by atoms with Gasteiger partial charge < -0.3 is 13.9 Å². The van der Waals surface area contributed by atoms with Crippen LogP contribution in [0.3, 0.4) is 0 Å². The first-order valence-electron chi connectivity index (χ1n) is 5.53. The highest BCUT2D eigenvalue weighted by Crippen LogP contribution is 2.31. The molecule has 0 aliphatic carbocycles. The highest BCUT2D eigenvalue weighted by molar-refractivity contribution is 9.08. The molecular weight excluding hydrogens is 300 g/mol. The third-order valence-electron chi connectivity index (χ3n) is 2.59. The van der Waals surface area contributed by atoms with E-state index in [0.717, 1.165) is 10.9 Å². The average Bonchev–Trinajstić information content (AvgIpc) is 2.76. The van der Waals surface area contributed by atoms with Crippen LogP contribution in [0.4, 0.5) is 0 Å². The van der Waals surface area contributed by atoms with Gasteiger partial charge in [0, 0.05) is 22.3 Å². The SMILES string of the molecule is CCOC(=O)c1oc2cc(OC)ccc2c1CBr. The smallest absolute Gasteiger partial charge is 0.374 e. The monoisotopic (exact) mass is 312 g/mol. The van der Waals surface area contributed by atoms with Crippen molar-refractivity contribution < 1.29 is 18.7 Å². The predicted octanol–water partition coefficient (Wildman–Crippen LogP) is 3.51. The Bertz CT molecular complexity index is 574. The lowest BCUT2D eigenvalue weighted by molar-refractivity contribution is 0.0491. The summed E-state index contributed by atoms with van der Waals surface area (Å²) in [5, 5.41) is 1.41. The van der Waals surface area contributed by atoms with E-state index in [9.17, 15) is 4.79 Å². The van der Waals surface area contributed by atoms with Crippen molar-refractivity contribution >= 4 is 32.9 Å². The molecule has 0 N–H and O–H groups in total. The molecule has 1 aromatic carbocycles. The molecule has 2 aromatic rings. The van der Waals surface area contributed by atoms with Crippen LogP contribution in [0.25, 0.3) is 11.0 Å². The van der Waals surface area contributed by atoms with Gasteiger partial charge >= 0.3 is 5.97 Å². The third kappa shape index (κ3) is 2.22. The van der Waals surface area contributed by atoms with Crippen LogP contribution in [0.1, 0.15) is 23.0 Å². The number of ether oxygens (including phenoxy) is 2. The van der Waals surface area contributed by atoms with Crippen LogP contribution >= 0.6 is 15.9 Å². The molecule has 18 heavy (non-hydrogen) atoms. The zero-order valence-corrected chi connectivity index (χ0v) is 11.7. The molecule has 0 bridgehead atoms. The number of methoxy groups -OCH3 is 1. The lowest BCUT2D eigenvalue weighted by atomic mass is 10.1. The summed E-state index contributed by atoms with van der Waals surface area (Å²) in [7, 11) is 1.59. The van der Waals surface area contributed by atoms with Crippen molar-refractivity contribution in [2.24, 2.45) is 0 Å². The van der Waals surface area contributed by atoms with Crippen LogP contribution in [0.15, 0.2) is 22.6 Å². The zero-order valence-electron chi connectivity index (χ0n) is 10.2. The maximum atomic E-state index is 11.8. The summed E-state index contributed by atoms with van der Waals surface area (Å²) in [6.07, 6.45) is 0. The van der Waals surface area contributed by atoms with E-state index in [0.29, 0.717) is 23.3 Å². The van der Waals surface area contributed by atoms with Gasteiger partial charge in [0.1, 0.15) is 11.3 Å². The minimum Gasteiger partial charge on any atom is -0.497 e. The van der Waals surface area contributed by atoms with Gasteiger partial charge in [-0.1, -0.05) is 15.9 Å².